The summed E-state index contributed by atoms with van der Waals surface area (Å²) in [6.07, 6.45) is -13.0. The van der Waals surface area contributed by atoms with Crippen molar-refractivity contribution >= 4 is 0 Å². The van der Waals surface area contributed by atoms with Crippen LogP contribution in [-0.2, 0) is 0 Å². The molecule has 0 amide bonds. The van der Waals surface area contributed by atoms with E-state index >= 15 is 0 Å². The average Bonchev–Trinajstić information content (AvgIpc) is 2.61. The van der Waals surface area contributed by atoms with Crippen molar-refractivity contribution < 1.29 is 51.1 Å². The molecule has 0 fully saturated rings. The third-order valence-electron chi connectivity index (χ3n) is 3.96. The van der Waals surface area contributed by atoms with E-state index in [1.165, 1.54) is 11.9 Å². The first-order valence-electron chi connectivity index (χ1n) is 7.91. The molecule has 0 heterocycles. The molecule has 0 unspecified atom stereocenters. The van der Waals surface area contributed by atoms with Crippen LogP contribution < -0.4 is 0 Å². The van der Waals surface area contributed by atoms with E-state index < -0.39 is 62.0 Å². The smallest absolute Gasteiger partial charge is 0.111 e. The number of hydrogen-bond acceptors (Lipinski definition) is 11. The Labute approximate surface area is 145 Å². The van der Waals surface area contributed by atoms with Gasteiger partial charge in [-0.1, -0.05) is 0 Å². The van der Waals surface area contributed by atoms with Crippen LogP contribution in [0.2, 0.25) is 0 Å². The van der Waals surface area contributed by atoms with Gasteiger partial charge in [-0.25, -0.2) is 0 Å². The van der Waals surface area contributed by atoms with Crippen LogP contribution in [0, 0.1) is 0 Å². The van der Waals surface area contributed by atoms with Crippen LogP contribution in [-0.4, -0.2) is 138 Å². The number of likely N-dealkylation sites (N-methyl/N-ethyl adjacent to an activating group) is 1. The van der Waals surface area contributed by atoms with Crippen molar-refractivity contribution in [2.45, 2.75) is 55.3 Å². The van der Waals surface area contributed by atoms with Crippen LogP contribution in [0.15, 0.2) is 0 Å². The quantitative estimate of drug-likeness (QED) is 0.147. The first-order chi connectivity index (χ1) is 11.6. The monoisotopic (exact) mass is 373 g/mol. The molecule has 0 aliphatic heterocycles. The van der Waals surface area contributed by atoms with Crippen molar-refractivity contribution in [3.63, 3.8) is 0 Å². The molecular formula is C14H31NO10. The molecule has 0 radical (unpaired) electrons. The lowest BCUT2D eigenvalue weighted by atomic mass is 10.0. The van der Waals surface area contributed by atoms with Crippen LogP contribution in [0.1, 0.15) is 6.42 Å². The number of rotatable bonds is 13. The van der Waals surface area contributed by atoms with E-state index in [-0.39, 0.29) is 19.5 Å². The second-order valence-corrected chi connectivity index (χ2v) is 6.15. The Kier molecular flexibility index (Phi) is 11.8. The van der Waals surface area contributed by atoms with Gasteiger partial charge in [0.1, 0.15) is 36.6 Å². The molecule has 10 N–H and O–H groups in total. The zero-order valence-corrected chi connectivity index (χ0v) is 14.1. The molecule has 0 aliphatic rings. The fourth-order valence-corrected chi connectivity index (χ4v) is 2.17. The summed E-state index contributed by atoms with van der Waals surface area (Å²) in [5.41, 5.74) is 0. The molecule has 0 aromatic rings. The Morgan fingerprint density at radius 1 is 0.600 bits per heavy atom. The minimum absolute atomic E-state index is 0.0580. The molecule has 11 heteroatoms. The van der Waals surface area contributed by atoms with E-state index in [9.17, 15) is 40.9 Å². The van der Waals surface area contributed by atoms with Crippen molar-refractivity contribution in [1.82, 2.24) is 4.90 Å². The summed E-state index contributed by atoms with van der Waals surface area (Å²) in [6, 6.07) is 0. The molecule has 0 bridgehead atoms. The summed E-state index contributed by atoms with van der Waals surface area (Å²) in [6.45, 7) is -1.60. The fourth-order valence-electron chi connectivity index (χ4n) is 2.17. The molecule has 11 nitrogen and oxygen atoms in total. The normalized spacial score (nSPS) is 22.1. The van der Waals surface area contributed by atoms with Crippen molar-refractivity contribution in [3.05, 3.63) is 0 Å². The molecule has 8 atom stereocenters. The van der Waals surface area contributed by atoms with E-state index in [0.29, 0.717) is 0 Å². The third kappa shape index (κ3) is 8.19. The molecule has 0 aromatic heterocycles. The van der Waals surface area contributed by atoms with Gasteiger partial charge < -0.3 is 56.0 Å². The Hall–Kier alpha value is -0.440. The van der Waals surface area contributed by atoms with Gasteiger partial charge in [-0.05, 0) is 13.5 Å². The standard InChI is InChI=1S/C14H31NO10/c1-15(4-8(19)12(23)14(25)10(21)6-17)3-2-7(18)11(22)13(24)9(20)5-16/h7-14,16-25H,2-6H2,1H3/t7-,8-,9+,10+,11+,12+,13+,14+/m0/s1. The van der Waals surface area contributed by atoms with Gasteiger partial charge in [-0.2, -0.15) is 0 Å². The summed E-state index contributed by atoms with van der Waals surface area (Å²) in [7, 11) is 1.52. The highest BCUT2D eigenvalue weighted by molar-refractivity contribution is 4.83. The van der Waals surface area contributed by atoms with Gasteiger partial charge in [-0.15, -0.1) is 0 Å². The molecule has 0 saturated carbocycles. The van der Waals surface area contributed by atoms with Crippen LogP contribution in [0.4, 0.5) is 0 Å². The molecule has 0 rings (SSSR count). The minimum Gasteiger partial charge on any atom is -0.394 e. The SMILES string of the molecule is CN(CC[C@H](O)[C@@H](O)[C@H](O)[C@H](O)CO)C[C@H](O)[C@@H](O)[C@H](O)[C@H](O)CO. The molecule has 0 aromatic carbocycles. The van der Waals surface area contributed by atoms with E-state index in [1.807, 2.05) is 0 Å². The lowest BCUT2D eigenvalue weighted by Crippen LogP contribution is -2.50. The van der Waals surface area contributed by atoms with Crippen molar-refractivity contribution in [3.8, 4) is 0 Å². The highest BCUT2D eigenvalue weighted by Crippen LogP contribution is 2.10. The van der Waals surface area contributed by atoms with E-state index in [4.69, 9.17) is 10.2 Å². The van der Waals surface area contributed by atoms with Gasteiger partial charge in [0.15, 0.2) is 0 Å². The molecular weight excluding hydrogens is 342 g/mol. The van der Waals surface area contributed by atoms with Crippen molar-refractivity contribution in [2.24, 2.45) is 0 Å². The first kappa shape index (κ1) is 24.6. The Balaban J connectivity index is 4.35. The van der Waals surface area contributed by atoms with Crippen LogP contribution >= 0.6 is 0 Å². The molecule has 0 aliphatic carbocycles. The topological polar surface area (TPSA) is 206 Å². The highest BCUT2D eigenvalue weighted by atomic mass is 16.4. The van der Waals surface area contributed by atoms with Crippen molar-refractivity contribution in [2.75, 3.05) is 33.4 Å². The van der Waals surface area contributed by atoms with Crippen LogP contribution in [0.3, 0.4) is 0 Å². The Morgan fingerprint density at radius 2 is 0.960 bits per heavy atom. The first-order valence-corrected chi connectivity index (χ1v) is 7.91. The maximum absolute atomic E-state index is 9.81. The Morgan fingerprint density at radius 3 is 1.36 bits per heavy atom. The molecule has 0 spiro atoms. The maximum Gasteiger partial charge on any atom is 0.111 e. The summed E-state index contributed by atoms with van der Waals surface area (Å²) in [4.78, 5) is 1.46. The summed E-state index contributed by atoms with van der Waals surface area (Å²) < 4.78 is 0. The lowest BCUT2D eigenvalue weighted by molar-refractivity contribution is -0.122. The van der Waals surface area contributed by atoms with Crippen molar-refractivity contribution in [1.29, 1.82) is 0 Å². The zero-order chi connectivity index (χ0) is 19.7. The third-order valence-corrected chi connectivity index (χ3v) is 3.96. The summed E-state index contributed by atoms with van der Waals surface area (Å²) >= 11 is 0. The van der Waals surface area contributed by atoms with Crippen LogP contribution in [0.25, 0.3) is 0 Å². The maximum atomic E-state index is 9.81. The largest absolute Gasteiger partial charge is 0.394 e. The van der Waals surface area contributed by atoms with E-state index in [1.54, 1.807) is 0 Å². The van der Waals surface area contributed by atoms with Gasteiger partial charge in [0.25, 0.3) is 0 Å². The number of aliphatic hydroxyl groups excluding tert-OH is 10. The van der Waals surface area contributed by atoms with E-state index in [2.05, 4.69) is 0 Å². The highest BCUT2D eigenvalue weighted by Gasteiger charge is 2.32. The predicted molar refractivity (Wildman–Crippen MR) is 84.3 cm³/mol. The van der Waals surface area contributed by atoms with Gasteiger partial charge in [0, 0.05) is 13.1 Å². The second kappa shape index (κ2) is 12.0. The molecule has 25 heavy (non-hydrogen) atoms. The number of hydrogen-bond donors (Lipinski definition) is 10. The minimum atomic E-state index is -1.74. The number of nitrogens with zero attached hydrogens (tertiary/aromatic N) is 1. The second-order valence-electron chi connectivity index (χ2n) is 6.15. The fraction of sp³-hybridized carbons (Fsp3) is 1.00. The van der Waals surface area contributed by atoms with Gasteiger partial charge in [-0.3, -0.25) is 0 Å². The zero-order valence-electron chi connectivity index (χ0n) is 14.1. The molecule has 0 saturated heterocycles. The lowest BCUT2D eigenvalue weighted by Gasteiger charge is -2.30. The average molecular weight is 373 g/mol. The van der Waals surface area contributed by atoms with Gasteiger partial charge in [0.2, 0.25) is 0 Å². The van der Waals surface area contributed by atoms with E-state index in [0.717, 1.165) is 0 Å². The summed E-state index contributed by atoms with van der Waals surface area (Å²) in [5.74, 6) is 0. The van der Waals surface area contributed by atoms with Crippen LogP contribution in [0.5, 0.6) is 0 Å². The number of aliphatic hydroxyl groups is 10. The Bertz CT molecular complexity index is 350. The van der Waals surface area contributed by atoms with Gasteiger partial charge in [0.05, 0.1) is 25.4 Å². The molecule has 152 valence electrons. The predicted octanol–water partition coefficient (Wildman–Crippen LogP) is -5.82. The summed E-state index contributed by atoms with van der Waals surface area (Å²) in [5, 5.41) is 93.8. The van der Waals surface area contributed by atoms with Gasteiger partial charge >= 0.3 is 0 Å².